The molecular formula is C21H31N3O3. The molecule has 1 aliphatic heterocycles. The first kappa shape index (κ1) is 19.7. The summed E-state index contributed by atoms with van der Waals surface area (Å²) in [5, 5.41) is 4.03. The highest BCUT2D eigenvalue weighted by Crippen LogP contribution is 2.22. The van der Waals surface area contributed by atoms with Crippen molar-refractivity contribution in [2.75, 3.05) is 38.3 Å². The van der Waals surface area contributed by atoms with Crippen LogP contribution in [0.1, 0.15) is 44.6 Å². The number of likely N-dealkylation sites (N-methyl/N-ethyl adjacent to an activating group) is 1. The van der Waals surface area contributed by atoms with Gasteiger partial charge in [0.05, 0.1) is 19.4 Å². The molecule has 1 amide bonds. The van der Waals surface area contributed by atoms with Crippen molar-refractivity contribution in [3.8, 4) is 0 Å². The summed E-state index contributed by atoms with van der Waals surface area (Å²) in [6.07, 6.45) is 6.96. The second-order valence-electron chi connectivity index (χ2n) is 7.41. The second kappa shape index (κ2) is 9.74. The third-order valence-electron chi connectivity index (χ3n) is 5.51. The van der Waals surface area contributed by atoms with Crippen LogP contribution in [0.3, 0.4) is 0 Å². The molecule has 2 aliphatic rings. The lowest BCUT2D eigenvalue weighted by atomic mass is 9.94. The second-order valence-corrected chi connectivity index (χ2v) is 7.41. The van der Waals surface area contributed by atoms with Crippen LogP contribution in [0.2, 0.25) is 0 Å². The summed E-state index contributed by atoms with van der Waals surface area (Å²) in [6.45, 7) is 5.16. The molecule has 6 nitrogen and oxygen atoms in total. The first-order valence-electron chi connectivity index (χ1n) is 10.0. The Balaban J connectivity index is 1.48. The van der Waals surface area contributed by atoms with Gasteiger partial charge in [0, 0.05) is 31.9 Å². The topological polar surface area (TPSA) is 54.4 Å². The average Bonchev–Trinajstić information content (AvgIpc) is 2.74. The Morgan fingerprint density at radius 1 is 1.22 bits per heavy atom. The third kappa shape index (κ3) is 5.45. The fraction of sp³-hybridized carbons (Fsp3) is 0.619. The number of benzene rings is 1. The van der Waals surface area contributed by atoms with Gasteiger partial charge in [-0.15, -0.1) is 0 Å². The highest BCUT2D eigenvalue weighted by atomic mass is 16.6. The van der Waals surface area contributed by atoms with Crippen molar-refractivity contribution in [1.82, 2.24) is 4.90 Å². The van der Waals surface area contributed by atoms with Crippen LogP contribution in [0.5, 0.6) is 0 Å². The van der Waals surface area contributed by atoms with Crippen molar-refractivity contribution in [2.45, 2.75) is 51.2 Å². The van der Waals surface area contributed by atoms with E-state index in [2.05, 4.69) is 22.2 Å². The van der Waals surface area contributed by atoms with Gasteiger partial charge in [-0.3, -0.25) is 4.79 Å². The van der Waals surface area contributed by atoms with Gasteiger partial charge in [-0.05, 0) is 37.5 Å². The Labute approximate surface area is 162 Å². The number of oxime groups is 1. The molecule has 0 radical (unpaired) electrons. The summed E-state index contributed by atoms with van der Waals surface area (Å²) in [6, 6.07) is 8.53. The lowest BCUT2D eigenvalue weighted by molar-refractivity contribution is -0.144. The molecule has 1 aromatic rings. The highest BCUT2D eigenvalue weighted by molar-refractivity contribution is 5.82. The van der Waals surface area contributed by atoms with Gasteiger partial charge in [-0.25, -0.2) is 0 Å². The summed E-state index contributed by atoms with van der Waals surface area (Å²) in [4.78, 5) is 22.1. The fourth-order valence-electron chi connectivity index (χ4n) is 3.76. The first-order valence-corrected chi connectivity index (χ1v) is 10.0. The quantitative estimate of drug-likeness (QED) is 0.568. The Bertz CT molecular complexity index is 620. The largest absolute Gasteiger partial charge is 0.383 e. The third-order valence-corrected chi connectivity index (χ3v) is 5.51. The minimum Gasteiger partial charge on any atom is -0.383 e. The number of carbonyl (C=O) groups is 1. The molecule has 3 rings (SSSR count). The summed E-state index contributed by atoms with van der Waals surface area (Å²) < 4.78 is 5.38. The molecule has 1 unspecified atom stereocenters. The molecular weight excluding hydrogens is 342 g/mol. The van der Waals surface area contributed by atoms with E-state index < -0.39 is 6.10 Å². The normalized spacial score (nSPS) is 19.9. The Kier molecular flexibility index (Phi) is 7.10. The molecule has 1 aromatic carbocycles. The van der Waals surface area contributed by atoms with Gasteiger partial charge in [0.2, 0.25) is 6.10 Å². The van der Waals surface area contributed by atoms with Gasteiger partial charge in [0.15, 0.2) is 0 Å². The Morgan fingerprint density at radius 2 is 1.89 bits per heavy atom. The number of rotatable bonds is 6. The molecule has 6 heteroatoms. The molecule has 1 atom stereocenters. The number of anilines is 1. The Morgan fingerprint density at radius 3 is 2.56 bits per heavy atom. The monoisotopic (exact) mass is 373 g/mol. The van der Waals surface area contributed by atoms with Crippen molar-refractivity contribution in [3.05, 3.63) is 29.8 Å². The molecule has 27 heavy (non-hydrogen) atoms. The molecule has 1 saturated heterocycles. The fourth-order valence-corrected chi connectivity index (χ4v) is 3.76. The van der Waals surface area contributed by atoms with Crippen LogP contribution in [-0.2, 0) is 14.4 Å². The van der Waals surface area contributed by atoms with Crippen LogP contribution in [-0.4, -0.2) is 62.5 Å². The standard InChI is InChI=1S/C21H31N3O3/c1-17(21(25)23(2)19-6-4-3-5-7-19)27-22-16-18-8-10-20(11-9-18)24-12-14-26-15-13-24/h8-11,16-17,19H,3-7,12-15H2,1-2H3. The maximum atomic E-state index is 12.5. The van der Waals surface area contributed by atoms with E-state index in [1.165, 1.54) is 24.9 Å². The molecule has 0 N–H and O–H groups in total. The zero-order valence-electron chi connectivity index (χ0n) is 16.5. The smallest absolute Gasteiger partial charge is 0.266 e. The van der Waals surface area contributed by atoms with E-state index in [4.69, 9.17) is 9.57 Å². The van der Waals surface area contributed by atoms with E-state index in [9.17, 15) is 4.79 Å². The molecule has 1 saturated carbocycles. The summed E-state index contributed by atoms with van der Waals surface area (Å²) in [5.41, 5.74) is 2.14. The first-order chi connectivity index (χ1) is 13.1. The minimum atomic E-state index is -0.569. The van der Waals surface area contributed by atoms with E-state index in [-0.39, 0.29) is 5.91 Å². The molecule has 148 valence electrons. The number of morpholine rings is 1. The van der Waals surface area contributed by atoms with E-state index in [1.54, 1.807) is 13.1 Å². The van der Waals surface area contributed by atoms with Crippen LogP contribution < -0.4 is 4.90 Å². The summed E-state index contributed by atoms with van der Waals surface area (Å²) in [5.74, 6) is 0.00159. The van der Waals surface area contributed by atoms with Crippen LogP contribution in [0.25, 0.3) is 0 Å². The van der Waals surface area contributed by atoms with Crippen molar-refractivity contribution in [3.63, 3.8) is 0 Å². The number of hydrogen-bond donors (Lipinski definition) is 0. The number of hydrogen-bond acceptors (Lipinski definition) is 5. The molecule has 0 bridgehead atoms. The molecule has 1 aliphatic carbocycles. The average molecular weight is 373 g/mol. The van der Waals surface area contributed by atoms with Gasteiger partial charge < -0.3 is 19.4 Å². The zero-order valence-corrected chi connectivity index (χ0v) is 16.5. The van der Waals surface area contributed by atoms with Crippen LogP contribution >= 0.6 is 0 Å². The molecule has 2 fully saturated rings. The van der Waals surface area contributed by atoms with E-state index in [0.29, 0.717) is 6.04 Å². The highest BCUT2D eigenvalue weighted by Gasteiger charge is 2.26. The number of nitrogens with zero attached hydrogens (tertiary/aromatic N) is 3. The van der Waals surface area contributed by atoms with Gasteiger partial charge in [-0.1, -0.05) is 36.6 Å². The summed E-state index contributed by atoms with van der Waals surface area (Å²) >= 11 is 0. The lowest BCUT2D eigenvalue weighted by Crippen LogP contribution is -2.43. The van der Waals surface area contributed by atoms with Crippen LogP contribution in [0, 0.1) is 0 Å². The maximum Gasteiger partial charge on any atom is 0.266 e. The predicted octanol–water partition coefficient (Wildman–Crippen LogP) is 3.05. The van der Waals surface area contributed by atoms with Gasteiger partial charge >= 0.3 is 0 Å². The van der Waals surface area contributed by atoms with E-state index in [0.717, 1.165) is 44.7 Å². The predicted molar refractivity (Wildman–Crippen MR) is 107 cm³/mol. The molecule has 0 aromatic heterocycles. The molecule has 1 heterocycles. The van der Waals surface area contributed by atoms with Gasteiger partial charge in [0.25, 0.3) is 5.91 Å². The van der Waals surface area contributed by atoms with Crippen molar-refractivity contribution in [1.29, 1.82) is 0 Å². The van der Waals surface area contributed by atoms with Gasteiger partial charge in [-0.2, -0.15) is 0 Å². The number of amides is 1. The van der Waals surface area contributed by atoms with Crippen molar-refractivity contribution in [2.24, 2.45) is 5.16 Å². The van der Waals surface area contributed by atoms with Crippen molar-refractivity contribution < 1.29 is 14.4 Å². The van der Waals surface area contributed by atoms with Crippen molar-refractivity contribution >= 4 is 17.8 Å². The minimum absolute atomic E-state index is 0.00159. The number of ether oxygens (including phenoxy) is 1. The Hall–Kier alpha value is -2.08. The zero-order chi connectivity index (χ0) is 19.1. The number of carbonyl (C=O) groups excluding carboxylic acids is 1. The van der Waals surface area contributed by atoms with Gasteiger partial charge in [0.1, 0.15) is 0 Å². The molecule has 0 spiro atoms. The summed E-state index contributed by atoms with van der Waals surface area (Å²) in [7, 11) is 1.88. The maximum absolute atomic E-state index is 12.5. The van der Waals surface area contributed by atoms with E-state index in [1.807, 2.05) is 24.1 Å². The van der Waals surface area contributed by atoms with Crippen LogP contribution in [0.15, 0.2) is 29.4 Å². The van der Waals surface area contributed by atoms with E-state index >= 15 is 0 Å². The lowest BCUT2D eigenvalue weighted by Gasteiger charge is -2.32. The SMILES string of the molecule is CC(ON=Cc1ccc(N2CCOCC2)cc1)C(=O)N(C)C1CCCCC1. The van der Waals surface area contributed by atoms with Crippen LogP contribution in [0.4, 0.5) is 5.69 Å².